The molecule has 5 nitrogen and oxygen atoms in total. The summed E-state index contributed by atoms with van der Waals surface area (Å²) in [5.41, 5.74) is 5.22. The van der Waals surface area contributed by atoms with Gasteiger partial charge in [-0.2, -0.15) is 0 Å². The molecule has 0 atom stereocenters. The summed E-state index contributed by atoms with van der Waals surface area (Å²) in [6.45, 7) is 4.76. The van der Waals surface area contributed by atoms with E-state index in [1.54, 1.807) is 0 Å². The molecule has 0 aromatic carbocycles. The number of carbonyl (C=O) groups is 1. The van der Waals surface area contributed by atoms with E-state index in [2.05, 4.69) is 5.32 Å². The van der Waals surface area contributed by atoms with Gasteiger partial charge >= 0.3 is 0 Å². The van der Waals surface area contributed by atoms with Crippen LogP contribution in [0.15, 0.2) is 0 Å². The van der Waals surface area contributed by atoms with Crippen LogP contribution in [-0.4, -0.2) is 45.4 Å². The molecule has 0 bridgehead atoms. The van der Waals surface area contributed by atoms with Crippen molar-refractivity contribution in [3.8, 4) is 0 Å². The molecule has 0 saturated carbocycles. The Kier molecular flexibility index (Phi) is 9.95. The van der Waals surface area contributed by atoms with E-state index in [4.69, 9.17) is 15.2 Å². The van der Waals surface area contributed by atoms with Crippen LogP contribution in [0.2, 0.25) is 0 Å². The summed E-state index contributed by atoms with van der Waals surface area (Å²) in [5.74, 6) is -0.0781. The van der Waals surface area contributed by atoms with E-state index < -0.39 is 0 Å². The van der Waals surface area contributed by atoms with Crippen molar-refractivity contribution >= 4 is 5.91 Å². The smallest absolute Gasteiger partial charge is 0.245 e. The Balaban J connectivity index is 3.07. The molecule has 0 aliphatic heterocycles. The van der Waals surface area contributed by atoms with E-state index in [0.717, 1.165) is 6.42 Å². The third-order valence-corrected chi connectivity index (χ3v) is 1.44. The van der Waals surface area contributed by atoms with Crippen LogP contribution < -0.4 is 11.1 Å². The maximum atomic E-state index is 11.0. The summed E-state index contributed by atoms with van der Waals surface area (Å²) < 4.78 is 10.1. The van der Waals surface area contributed by atoms with E-state index in [0.29, 0.717) is 32.9 Å². The predicted molar refractivity (Wildman–Crippen MR) is 54.0 cm³/mol. The number of hydrogen-bond donors (Lipinski definition) is 2. The molecular formula is C9H20N2O3. The van der Waals surface area contributed by atoms with Crippen LogP contribution in [0.4, 0.5) is 0 Å². The molecule has 3 N–H and O–H groups in total. The lowest BCUT2D eigenvalue weighted by Crippen LogP contribution is -2.28. The standard InChI is InChI=1S/C9H20N2O3/c1-2-4-11-9(12)8-14-7-6-13-5-3-10/h2-8,10H2,1H3,(H,11,12). The lowest BCUT2D eigenvalue weighted by atomic mass is 10.5. The van der Waals surface area contributed by atoms with Gasteiger partial charge in [0.25, 0.3) is 0 Å². The number of nitrogens with two attached hydrogens (primary N) is 1. The molecule has 0 unspecified atom stereocenters. The molecule has 5 heteroatoms. The number of ether oxygens (including phenoxy) is 2. The third-order valence-electron chi connectivity index (χ3n) is 1.44. The van der Waals surface area contributed by atoms with Gasteiger partial charge in [0.05, 0.1) is 19.8 Å². The van der Waals surface area contributed by atoms with Gasteiger partial charge in [-0.15, -0.1) is 0 Å². The first kappa shape index (κ1) is 13.4. The monoisotopic (exact) mass is 204 g/mol. The topological polar surface area (TPSA) is 73.6 Å². The minimum Gasteiger partial charge on any atom is -0.378 e. The summed E-state index contributed by atoms with van der Waals surface area (Å²) in [5, 5.41) is 2.71. The molecule has 0 saturated heterocycles. The van der Waals surface area contributed by atoms with Gasteiger partial charge in [0, 0.05) is 13.1 Å². The molecule has 0 fully saturated rings. The fraction of sp³-hybridized carbons (Fsp3) is 0.889. The summed E-state index contributed by atoms with van der Waals surface area (Å²) >= 11 is 0. The quantitative estimate of drug-likeness (QED) is 0.497. The van der Waals surface area contributed by atoms with E-state index in [1.807, 2.05) is 6.92 Å². The lowest BCUT2D eigenvalue weighted by Gasteiger charge is -2.05. The van der Waals surface area contributed by atoms with E-state index in [1.165, 1.54) is 0 Å². The maximum absolute atomic E-state index is 11.0. The van der Waals surface area contributed by atoms with Crippen LogP contribution >= 0.6 is 0 Å². The average Bonchev–Trinajstić information content (AvgIpc) is 2.20. The lowest BCUT2D eigenvalue weighted by molar-refractivity contribution is -0.126. The van der Waals surface area contributed by atoms with Gasteiger partial charge in [-0.1, -0.05) is 6.92 Å². The minimum absolute atomic E-state index is 0.0781. The zero-order chi connectivity index (χ0) is 10.6. The van der Waals surface area contributed by atoms with E-state index >= 15 is 0 Å². The molecule has 0 aromatic rings. The Morgan fingerprint density at radius 3 is 2.64 bits per heavy atom. The highest BCUT2D eigenvalue weighted by molar-refractivity contribution is 5.77. The van der Waals surface area contributed by atoms with E-state index in [-0.39, 0.29) is 12.5 Å². The summed E-state index contributed by atoms with van der Waals surface area (Å²) in [6.07, 6.45) is 0.936. The first-order chi connectivity index (χ1) is 6.81. The second kappa shape index (κ2) is 10.4. The van der Waals surface area contributed by atoms with Crippen molar-refractivity contribution < 1.29 is 14.3 Å². The van der Waals surface area contributed by atoms with Crippen LogP contribution in [0, 0.1) is 0 Å². The van der Waals surface area contributed by atoms with Crippen molar-refractivity contribution in [2.75, 3.05) is 39.5 Å². The van der Waals surface area contributed by atoms with Gasteiger partial charge in [0.2, 0.25) is 5.91 Å². The molecule has 1 amide bonds. The second-order valence-corrected chi connectivity index (χ2v) is 2.80. The fourth-order valence-electron chi connectivity index (χ4n) is 0.784. The Hall–Kier alpha value is -0.650. The molecule has 0 spiro atoms. The molecular weight excluding hydrogens is 184 g/mol. The van der Waals surface area contributed by atoms with Gasteiger partial charge in [0.15, 0.2) is 0 Å². The van der Waals surface area contributed by atoms with Gasteiger partial charge in [-0.25, -0.2) is 0 Å². The SMILES string of the molecule is CCCNC(=O)COCCOCCN. The Morgan fingerprint density at radius 1 is 1.29 bits per heavy atom. The molecule has 0 radical (unpaired) electrons. The number of amides is 1. The normalized spacial score (nSPS) is 10.1. The first-order valence-electron chi connectivity index (χ1n) is 4.93. The zero-order valence-electron chi connectivity index (χ0n) is 8.75. The van der Waals surface area contributed by atoms with Crippen molar-refractivity contribution in [2.45, 2.75) is 13.3 Å². The number of rotatable bonds is 9. The minimum atomic E-state index is -0.0781. The van der Waals surface area contributed by atoms with Crippen molar-refractivity contribution in [2.24, 2.45) is 5.73 Å². The number of hydrogen-bond acceptors (Lipinski definition) is 4. The molecule has 0 rings (SSSR count). The number of nitrogens with one attached hydrogen (secondary N) is 1. The molecule has 0 aliphatic rings. The van der Waals surface area contributed by atoms with Crippen LogP contribution in [0.25, 0.3) is 0 Å². The molecule has 0 aromatic heterocycles. The predicted octanol–water partition coefficient (Wildman–Crippen LogP) is -0.495. The second-order valence-electron chi connectivity index (χ2n) is 2.80. The fourth-order valence-corrected chi connectivity index (χ4v) is 0.784. The van der Waals surface area contributed by atoms with Crippen LogP contribution in [0.5, 0.6) is 0 Å². The number of carbonyl (C=O) groups excluding carboxylic acids is 1. The maximum Gasteiger partial charge on any atom is 0.245 e. The Morgan fingerprint density at radius 2 is 2.00 bits per heavy atom. The summed E-state index contributed by atoms with van der Waals surface area (Å²) in [6, 6.07) is 0. The van der Waals surface area contributed by atoms with Gasteiger partial charge < -0.3 is 20.5 Å². The Labute approximate surface area is 84.9 Å². The highest BCUT2D eigenvalue weighted by Crippen LogP contribution is 1.79. The van der Waals surface area contributed by atoms with Crippen LogP contribution in [0.1, 0.15) is 13.3 Å². The molecule has 14 heavy (non-hydrogen) atoms. The third kappa shape index (κ3) is 9.44. The molecule has 84 valence electrons. The van der Waals surface area contributed by atoms with Crippen LogP contribution in [0.3, 0.4) is 0 Å². The largest absolute Gasteiger partial charge is 0.378 e. The van der Waals surface area contributed by atoms with Crippen molar-refractivity contribution in [3.05, 3.63) is 0 Å². The highest BCUT2D eigenvalue weighted by atomic mass is 16.5. The van der Waals surface area contributed by atoms with Gasteiger partial charge in [0.1, 0.15) is 6.61 Å². The van der Waals surface area contributed by atoms with Gasteiger partial charge in [-0.3, -0.25) is 4.79 Å². The van der Waals surface area contributed by atoms with Crippen molar-refractivity contribution in [3.63, 3.8) is 0 Å². The highest BCUT2D eigenvalue weighted by Gasteiger charge is 1.98. The van der Waals surface area contributed by atoms with Gasteiger partial charge in [-0.05, 0) is 6.42 Å². The molecule has 0 heterocycles. The zero-order valence-corrected chi connectivity index (χ0v) is 8.75. The summed E-state index contributed by atoms with van der Waals surface area (Å²) in [7, 11) is 0. The summed E-state index contributed by atoms with van der Waals surface area (Å²) in [4.78, 5) is 11.0. The van der Waals surface area contributed by atoms with Crippen molar-refractivity contribution in [1.29, 1.82) is 0 Å². The molecule has 0 aliphatic carbocycles. The Bertz CT molecular complexity index is 142. The van der Waals surface area contributed by atoms with Crippen LogP contribution in [-0.2, 0) is 14.3 Å². The van der Waals surface area contributed by atoms with Crippen molar-refractivity contribution in [1.82, 2.24) is 5.32 Å². The average molecular weight is 204 g/mol. The van der Waals surface area contributed by atoms with E-state index in [9.17, 15) is 4.79 Å². The first-order valence-corrected chi connectivity index (χ1v) is 4.93.